The van der Waals surface area contributed by atoms with Crippen LogP contribution in [-0.2, 0) is 4.74 Å². The van der Waals surface area contributed by atoms with Gasteiger partial charge in [-0.15, -0.1) is 0 Å². The number of benzene rings is 1. The van der Waals surface area contributed by atoms with Crippen molar-refractivity contribution in [3.05, 3.63) is 29.8 Å². The van der Waals surface area contributed by atoms with E-state index in [-0.39, 0.29) is 17.7 Å². The Morgan fingerprint density at radius 1 is 1.43 bits per heavy atom. The predicted molar refractivity (Wildman–Crippen MR) is 78.6 cm³/mol. The number of rotatable bonds is 5. The van der Waals surface area contributed by atoms with E-state index in [2.05, 4.69) is 5.32 Å². The van der Waals surface area contributed by atoms with Gasteiger partial charge in [-0.2, -0.15) is 0 Å². The first-order valence-electron chi connectivity index (χ1n) is 7.11. The smallest absolute Gasteiger partial charge is 0.337 e. The van der Waals surface area contributed by atoms with Crippen molar-refractivity contribution in [2.75, 3.05) is 25.0 Å². The van der Waals surface area contributed by atoms with E-state index in [1.165, 1.54) is 6.07 Å². The molecular formula is C15H20N2O4. The summed E-state index contributed by atoms with van der Waals surface area (Å²) < 4.78 is 5.53. The molecule has 1 aromatic carbocycles. The van der Waals surface area contributed by atoms with E-state index < -0.39 is 5.97 Å². The van der Waals surface area contributed by atoms with Crippen LogP contribution in [0.1, 0.15) is 30.1 Å². The standard InChI is InChI=1S/C15H20N2O4/c1-2-17(10-11-6-5-9-21-11)15(20)16-13-8-4-3-7-12(13)14(18)19/h3-4,7-8,11H,2,5-6,9-10H2,1H3,(H,16,20)(H,18,19). The quantitative estimate of drug-likeness (QED) is 0.873. The largest absolute Gasteiger partial charge is 0.478 e. The summed E-state index contributed by atoms with van der Waals surface area (Å²) in [7, 11) is 0. The Balaban J connectivity index is 2.03. The summed E-state index contributed by atoms with van der Waals surface area (Å²) in [6.07, 6.45) is 2.05. The second kappa shape index (κ2) is 7.08. The maximum atomic E-state index is 12.3. The number of amides is 2. The normalized spacial score (nSPS) is 17.5. The van der Waals surface area contributed by atoms with Gasteiger partial charge in [-0.05, 0) is 31.9 Å². The summed E-state index contributed by atoms with van der Waals surface area (Å²) in [5, 5.41) is 11.8. The van der Waals surface area contributed by atoms with Gasteiger partial charge in [-0.25, -0.2) is 9.59 Å². The van der Waals surface area contributed by atoms with Crippen LogP contribution < -0.4 is 5.32 Å². The first kappa shape index (κ1) is 15.3. The lowest BCUT2D eigenvalue weighted by atomic mass is 10.2. The number of nitrogens with zero attached hydrogens (tertiary/aromatic N) is 1. The van der Waals surface area contributed by atoms with E-state index in [1.54, 1.807) is 23.1 Å². The molecule has 1 aliphatic heterocycles. The molecule has 0 bridgehead atoms. The number of aromatic carboxylic acids is 1. The van der Waals surface area contributed by atoms with E-state index in [0.29, 0.717) is 18.8 Å². The Bertz CT molecular complexity index is 512. The zero-order valence-electron chi connectivity index (χ0n) is 12.0. The number of hydrogen-bond donors (Lipinski definition) is 2. The Morgan fingerprint density at radius 3 is 2.81 bits per heavy atom. The summed E-state index contributed by atoms with van der Waals surface area (Å²) in [6.45, 7) is 3.70. The fraction of sp³-hybridized carbons (Fsp3) is 0.467. The van der Waals surface area contributed by atoms with Gasteiger partial charge in [0, 0.05) is 19.7 Å². The van der Waals surface area contributed by atoms with Crippen LogP contribution in [0.5, 0.6) is 0 Å². The molecule has 2 N–H and O–H groups in total. The van der Waals surface area contributed by atoms with Crippen molar-refractivity contribution in [3.63, 3.8) is 0 Å². The number of ether oxygens (including phenoxy) is 1. The van der Waals surface area contributed by atoms with Crippen molar-refractivity contribution in [1.29, 1.82) is 0 Å². The number of anilines is 1. The van der Waals surface area contributed by atoms with E-state index in [1.807, 2.05) is 6.92 Å². The highest BCUT2D eigenvalue weighted by molar-refractivity contribution is 5.99. The molecule has 1 heterocycles. The number of hydrogen-bond acceptors (Lipinski definition) is 3. The van der Waals surface area contributed by atoms with Gasteiger partial charge in [0.2, 0.25) is 0 Å². The molecule has 1 fully saturated rings. The van der Waals surface area contributed by atoms with Crippen molar-refractivity contribution in [3.8, 4) is 0 Å². The summed E-state index contributed by atoms with van der Waals surface area (Å²) in [6, 6.07) is 6.07. The van der Waals surface area contributed by atoms with Gasteiger partial charge < -0.3 is 20.1 Å². The van der Waals surface area contributed by atoms with Crippen LogP contribution in [0.25, 0.3) is 0 Å². The summed E-state index contributed by atoms with van der Waals surface area (Å²) in [5.41, 5.74) is 0.389. The number of nitrogens with one attached hydrogen (secondary N) is 1. The van der Waals surface area contributed by atoms with Crippen molar-refractivity contribution in [1.82, 2.24) is 4.90 Å². The molecule has 0 radical (unpaired) electrons. The molecular weight excluding hydrogens is 272 g/mol. The van der Waals surface area contributed by atoms with Gasteiger partial charge in [-0.1, -0.05) is 12.1 Å². The molecule has 21 heavy (non-hydrogen) atoms. The third kappa shape index (κ3) is 3.95. The highest BCUT2D eigenvalue weighted by Crippen LogP contribution is 2.17. The Hall–Kier alpha value is -2.08. The highest BCUT2D eigenvalue weighted by atomic mass is 16.5. The number of carbonyl (C=O) groups excluding carboxylic acids is 1. The fourth-order valence-electron chi connectivity index (χ4n) is 2.36. The average Bonchev–Trinajstić information content (AvgIpc) is 2.98. The van der Waals surface area contributed by atoms with Crippen LogP contribution in [-0.4, -0.2) is 47.8 Å². The van der Waals surface area contributed by atoms with Gasteiger partial charge >= 0.3 is 12.0 Å². The van der Waals surface area contributed by atoms with E-state index in [0.717, 1.165) is 19.4 Å². The third-order valence-corrected chi connectivity index (χ3v) is 3.52. The topological polar surface area (TPSA) is 78.9 Å². The van der Waals surface area contributed by atoms with Crippen molar-refractivity contribution >= 4 is 17.7 Å². The average molecular weight is 292 g/mol. The van der Waals surface area contributed by atoms with Crippen molar-refractivity contribution < 1.29 is 19.4 Å². The second-order valence-corrected chi connectivity index (χ2v) is 4.95. The van der Waals surface area contributed by atoms with Gasteiger partial charge in [0.1, 0.15) is 0 Å². The van der Waals surface area contributed by atoms with Crippen LogP contribution in [0.4, 0.5) is 10.5 Å². The molecule has 1 saturated heterocycles. The molecule has 0 aromatic heterocycles. The summed E-state index contributed by atoms with van der Waals surface area (Å²) in [4.78, 5) is 25.0. The minimum absolute atomic E-state index is 0.0745. The first-order valence-corrected chi connectivity index (χ1v) is 7.11. The maximum absolute atomic E-state index is 12.3. The molecule has 114 valence electrons. The fourth-order valence-corrected chi connectivity index (χ4v) is 2.36. The zero-order valence-corrected chi connectivity index (χ0v) is 12.0. The van der Waals surface area contributed by atoms with Crippen LogP contribution in [0.15, 0.2) is 24.3 Å². The Kier molecular flexibility index (Phi) is 5.16. The van der Waals surface area contributed by atoms with Crippen LogP contribution in [0.2, 0.25) is 0 Å². The van der Waals surface area contributed by atoms with E-state index in [4.69, 9.17) is 9.84 Å². The molecule has 1 aromatic rings. The van der Waals surface area contributed by atoms with Crippen LogP contribution in [0.3, 0.4) is 0 Å². The van der Waals surface area contributed by atoms with Crippen LogP contribution >= 0.6 is 0 Å². The monoisotopic (exact) mass is 292 g/mol. The van der Waals surface area contributed by atoms with Crippen molar-refractivity contribution in [2.24, 2.45) is 0 Å². The highest BCUT2D eigenvalue weighted by Gasteiger charge is 2.22. The number of urea groups is 1. The van der Waals surface area contributed by atoms with Crippen LogP contribution in [0, 0.1) is 0 Å². The summed E-state index contributed by atoms with van der Waals surface area (Å²) >= 11 is 0. The first-order chi connectivity index (χ1) is 10.1. The lowest BCUT2D eigenvalue weighted by molar-refractivity contribution is 0.0698. The molecule has 1 atom stereocenters. The molecule has 0 aliphatic carbocycles. The molecule has 1 aliphatic rings. The molecule has 6 nitrogen and oxygen atoms in total. The lowest BCUT2D eigenvalue weighted by Gasteiger charge is -2.24. The van der Waals surface area contributed by atoms with Gasteiger partial charge in [0.25, 0.3) is 0 Å². The molecule has 1 unspecified atom stereocenters. The number of para-hydroxylation sites is 1. The van der Waals surface area contributed by atoms with E-state index in [9.17, 15) is 9.59 Å². The Morgan fingerprint density at radius 2 is 2.19 bits per heavy atom. The van der Waals surface area contributed by atoms with Crippen molar-refractivity contribution in [2.45, 2.75) is 25.9 Å². The lowest BCUT2D eigenvalue weighted by Crippen LogP contribution is -2.40. The van der Waals surface area contributed by atoms with Gasteiger partial charge in [-0.3, -0.25) is 0 Å². The molecule has 0 spiro atoms. The molecule has 2 amide bonds. The van der Waals surface area contributed by atoms with Gasteiger partial charge in [0.05, 0.1) is 17.4 Å². The van der Waals surface area contributed by atoms with E-state index >= 15 is 0 Å². The minimum Gasteiger partial charge on any atom is -0.478 e. The SMILES string of the molecule is CCN(CC1CCCO1)C(=O)Nc1ccccc1C(=O)O. The maximum Gasteiger partial charge on any atom is 0.337 e. The Labute approximate surface area is 123 Å². The summed E-state index contributed by atoms with van der Waals surface area (Å²) in [5.74, 6) is -1.06. The molecule has 0 saturated carbocycles. The molecule has 2 rings (SSSR count). The third-order valence-electron chi connectivity index (χ3n) is 3.52. The number of carbonyl (C=O) groups is 2. The number of carboxylic acids is 1. The number of likely N-dealkylation sites (N-methyl/N-ethyl adjacent to an activating group) is 1. The second-order valence-electron chi connectivity index (χ2n) is 4.95. The zero-order chi connectivity index (χ0) is 15.2. The number of carboxylic acid groups (broad SMARTS) is 1. The minimum atomic E-state index is -1.06. The predicted octanol–water partition coefficient (Wildman–Crippen LogP) is 2.42. The molecule has 6 heteroatoms. The van der Waals surface area contributed by atoms with Gasteiger partial charge in [0.15, 0.2) is 0 Å².